The van der Waals surface area contributed by atoms with Crippen LogP contribution in [0.15, 0.2) is 28.1 Å². The van der Waals surface area contributed by atoms with Gasteiger partial charge >= 0.3 is 12.1 Å². The molecule has 0 bridgehead atoms. The minimum atomic E-state index is -1.17. The Morgan fingerprint density at radius 1 is 1.48 bits per heavy atom. The van der Waals surface area contributed by atoms with Crippen LogP contribution in [0.1, 0.15) is 20.8 Å². The van der Waals surface area contributed by atoms with E-state index >= 15 is 0 Å². The number of nitrogens with zero attached hydrogens (tertiary/aromatic N) is 2. The van der Waals surface area contributed by atoms with E-state index in [1.807, 2.05) is 0 Å². The molecule has 23 heavy (non-hydrogen) atoms. The maximum Gasteiger partial charge on any atom is 0.408 e. The molecule has 124 valence electrons. The molecule has 2 heterocycles. The lowest BCUT2D eigenvalue weighted by Gasteiger charge is -2.21. The third-order valence-electron chi connectivity index (χ3n) is 2.53. The van der Waals surface area contributed by atoms with Crippen molar-refractivity contribution < 1.29 is 23.8 Å². The van der Waals surface area contributed by atoms with Gasteiger partial charge in [0.2, 0.25) is 0 Å². The largest absolute Gasteiger partial charge is 0.480 e. The van der Waals surface area contributed by atoms with Gasteiger partial charge in [-0.05, 0) is 20.8 Å². The number of carboxylic acid groups (broad SMARTS) is 1. The Bertz CT molecular complexity index is 677. The summed E-state index contributed by atoms with van der Waals surface area (Å²) in [4.78, 5) is 31.0. The van der Waals surface area contributed by atoms with E-state index in [-0.39, 0.29) is 5.75 Å². The van der Waals surface area contributed by atoms with Gasteiger partial charge in [0.25, 0.3) is 5.22 Å². The second-order valence-corrected chi connectivity index (χ2v) is 6.64. The van der Waals surface area contributed by atoms with Crippen LogP contribution in [0.4, 0.5) is 4.79 Å². The summed E-state index contributed by atoms with van der Waals surface area (Å²) >= 11 is 1.09. The molecular formula is C14H17N3O5S. The topological polar surface area (TPSA) is 115 Å². The fraction of sp³-hybridized carbons (Fsp3) is 0.429. The summed E-state index contributed by atoms with van der Waals surface area (Å²) in [6.07, 6.45) is 2.34. The summed E-state index contributed by atoms with van der Waals surface area (Å²) in [5.41, 5.74) is 0.449. The van der Waals surface area contributed by atoms with Crippen LogP contribution in [0.2, 0.25) is 0 Å². The first-order valence-electron chi connectivity index (χ1n) is 6.80. The molecule has 0 aliphatic heterocycles. The molecule has 0 unspecified atom stereocenters. The molecule has 0 fully saturated rings. The van der Waals surface area contributed by atoms with Gasteiger partial charge in [-0.3, -0.25) is 4.98 Å². The van der Waals surface area contributed by atoms with E-state index in [0.717, 1.165) is 11.8 Å². The molecule has 9 heteroatoms. The smallest absolute Gasteiger partial charge is 0.408 e. The van der Waals surface area contributed by atoms with Gasteiger partial charge in [0.15, 0.2) is 5.58 Å². The standard InChI is InChI=1S/C14H17N3O5S/c1-14(2,3)22-12(20)16-9(11(18)19)7-23-13-17-8-6-15-5-4-10(8)21-13/h4-6,9H,7H2,1-3H3,(H,16,20)(H,18,19)/t9-/m0/s1. The Hall–Kier alpha value is -2.29. The summed E-state index contributed by atoms with van der Waals surface area (Å²) in [5, 5.41) is 11.8. The van der Waals surface area contributed by atoms with Crippen LogP contribution in [0.3, 0.4) is 0 Å². The number of rotatable bonds is 5. The fourth-order valence-corrected chi connectivity index (χ4v) is 2.45. The van der Waals surface area contributed by atoms with E-state index in [1.165, 1.54) is 0 Å². The Morgan fingerprint density at radius 3 is 2.83 bits per heavy atom. The van der Waals surface area contributed by atoms with Crippen LogP contribution >= 0.6 is 11.8 Å². The zero-order valence-electron chi connectivity index (χ0n) is 12.9. The fourth-order valence-electron chi connectivity index (χ4n) is 1.60. The van der Waals surface area contributed by atoms with Crippen LogP contribution < -0.4 is 5.32 Å². The third kappa shape index (κ3) is 5.13. The molecule has 8 nitrogen and oxygen atoms in total. The molecule has 1 amide bonds. The number of hydrogen-bond donors (Lipinski definition) is 2. The molecule has 0 saturated heterocycles. The number of pyridine rings is 1. The highest BCUT2D eigenvalue weighted by atomic mass is 32.2. The average Bonchev–Trinajstić information content (AvgIpc) is 2.83. The highest BCUT2D eigenvalue weighted by Crippen LogP contribution is 2.23. The van der Waals surface area contributed by atoms with Crippen molar-refractivity contribution >= 4 is 34.9 Å². The molecule has 1 atom stereocenters. The van der Waals surface area contributed by atoms with Gasteiger partial charge in [0.1, 0.15) is 17.2 Å². The zero-order valence-corrected chi connectivity index (χ0v) is 13.7. The van der Waals surface area contributed by atoms with Gasteiger partial charge in [-0.2, -0.15) is 0 Å². The first-order chi connectivity index (χ1) is 10.7. The number of nitrogens with one attached hydrogen (secondary N) is 1. The molecule has 0 radical (unpaired) electrons. The monoisotopic (exact) mass is 339 g/mol. The Morgan fingerprint density at radius 2 is 2.22 bits per heavy atom. The van der Waals surface area contributed by atoms with E-state index in [9.17, 15) is 14.7 Å². The zero-order chi connectivity index (χ0) is 17.0. The molecule has 0 saturated carbocycles. The van der Waals surface area contributed by atoms with Gasteiger partial charge in [-0.25, -0.2) is 14.6 Å². The molecule has 0 aliphatic rings. The number of amides is 1. The summed E-state index contributed by atoms with van der Waals surface area (Å²) in [6.45, 7) is 5.09. The first-order valence-corrected chi connectivity index (χ1v) is 7.79. The SMILES string of the molecule is CC(C)(C)OC(=O)N[C@@H](CSc1nc2cnccc2o1)C(=O)O. The molecule has 0 spiro atoms. The van der Waals surface area contributed by atoms with Gasteiger partial charge in [0.05, 0.1) is 6.20 Å². The number of fused-ring (bicyclic) bond motifs is 1. The molecule has 0 aromatic carbocycles. The number of oxazole rings is 1. The molecule has 2 rings (SSSR count). The van der Waals surface area contributed by atoms with Crippen molar-refractivity contribution in [1.82, 2.24) is 15.3 Å². The quantitative estimate of drug-likeness (QED) is 0.797. The van der Waals surface area contributed by atoms with Crippen molar-refractivity contribution in [2.75, 3.05) is 5.75 Å². The van der Waals surface area contributed by atoms with Crippen molar-refractivity contribution in [3.63, 3.8) is 0 Å². The minimum absolute atomic E-state index is 0.0504. The number of carboxylic acids is 1. The van der Waals surface area contributed by atoms with Crippen molar-refractivity contribution in [2.24, 2.45) is 0 Å². The van der Waals surface area contributed by atoms with Crippen molar-refractivity contribution in [2.45, 2.75) is 37.6 Å². The molecular weight excluding hydrogens is 322 g/mol. The predicted octanol–water partition coefficient (Wildman–Crippen LogP) is 2.29. The van der Waals surface area contributed by atoms with Gasteiger partial charge in [0, 0.05) is 18.0 Å². The Balaban J connectivity index is 1.96. The van der Waals surface area contributed by atoms with E-state index in [2.05, 4.69) is 15.3 Å². The summed E-state index contributed by atoms with van der Waals surface area (Å²) < 4.78 is 10.5. The number of hydrogen-bond acceptors (Lipinski definition) is 7. The maximum absolute atomic E-state index is 11.7. The van der Waals surface area contributed by atoms with Crippen molar-refractivity contribution in [1.29, 1.82) is 0 Å². The van der Waals surface area contributed by atoms with Crippen LogP contribution in [0.25, 0.3) is 11.1 Å². The second kappa shape index (κ2) is 6.86. The van der Waals surface area contributed by atoms with E-state index in [0.29, 0.717) is 16.3 Å². The lowest BCUT2D eigenvalue weighted by Crippen LogP contribution is -2.44. The van der Waals surface area contributed by atoms with Crippen molar-refractivity contribution in [3.8, 4) is 0 Å². The van der Waals surface area contributed by atoms with Gasteiger partial charge < -0.3 is 19.6 Å². The average molecular weight is 339 g/mol. The predicted molar refractivity (Wildman–Crippen MR) is 83.3 cm³/mol. The van der Waals surface area contributed by atoms with Crippen LogP contribution in [-0.4, -0.2) is 44.5 Å². The van der Waals surface area contributed by atoms with E-state index < -0.39 is 23.7 Å². The number of alkyl carbamates (subject to hydrolysis) is 1. The highest BCUT2D eigenvalue weighted by Gasteiger charge is 2.24. The summed E-state index contributed by atoms with van der Waals surface area (Å²) in [6, 6.07) is 0.544. The lowest BCUT2D eigenvalue weighted by molar-refractivity contribution is -0.138. The molecule has 0 aliphatic carbocycles. The van der Waals surface area contributed by atoms with E-state index in [1.54, 1.807) is 39.2 Å². The van der Waals surface area contributed by atoms with Crippen LogP contribution in [-0.2, 0) is 9.53 Å². The summed E-state index contributed by atoms with van der Waals surface area (Å²) in [5.74, 6) is -1.12. The van der Waals surface area contributed by atoms with E-state index in [4.69, 9.17) is 9.15 Å². The van der Waals surface area contributed by atoms with Crippen LogP contribution in [0, 0.1) is 0 Å². The number of aromatic nitrogens is 2. The number of carbonyl (C=O) groups excluding carboxylic acids is 1. The summed E-state index contributed by atoms with van der Waals surface area (Å²) in [7, 11) is 0. The third-order valence-corrected chi connectivity index (χ3v) is 3.45. The molecule has 2 aromatic rings. The normalized spacial score (nSPS) is 12.8. The van der Waals surface area contributed by atoms with Gasteiger partial charge in [-0.1, -0.05) is 11.8 Å². The Labute approximate surface area is 136 Å². The molecule has 2 aromatic heterocycles. The maximum atomic E-state index is 11.7. The van der Waals surface area contributed by atoms with Crippen LogP contribution in [0.5, 0.6) is 0 Å². The highest BCUT2D eigenvalue weighted by molar-refractivity contribution is 7.99. The van der Waals surface area contributed by atoms with Gasteiger partial charge in [-0.15, -0.1) is 0 Å². The lowest BCUT2D eigenvalue weighted by atomic mass is 10.2. The number of ether oxygens (including phenoxy) is 1. The first kappa shape index (κ1) is 17.1. The number of thioether (sulfide) groups is 1. The number of aliphatic carboxylic acids is 1. The second-order valence-electron chi connectivity index (χ2n) is 5.67. The number of carbonyl (C=O) groups is 2. The Kier molecular flexibility index (Phi) is 5.09. The molecule has 2 N–H and O–H groups in total. The van der Waals surface area contributed by atoms with Crippen molar-refractivity contribution in [3.05, 3.63) is 18.5 Å². The minimum Gasteiger partial charge on any atom is -0.480 e.